The molecule has 0 aliphatic carbocycles. The molecule has 0 saturated carbocycles. The maximum atomic E-state index is 12.5. The summed E-state index contributed by atoms with van der Waals surface area (Å²) in [6.07, 6.45) is 0.249. The molecule has 0 aromatic carbocycles. The first-order valence-electron chi connectivity index (χ1n) is 7.41. The molecule has 6 nitrogen and oxygen atoms in total. The molecular formula is C17H13F3N2O4. The van der Waals surface area contributed by atoms with E-state index in [4.69, 9.17) is 8.83 Å². The predicted molar refractivity (Wildman–Crippen MR) is 82.0 cm³/mol. The Hall–Kier alpha value is -3.07. The van der Waals surface area contributed by atoms with Crippen LogP contribution in [-0.4, -0.2) is 22.5 Å². The third-order valence-electron chi connectivity index (χ3n) is 3.75. The van der Waals surface area contributed by atoms with E-state index in [0.717, 1.165) is 12.3 Å². The number of amides is 1. The summed E-state index contributed by atoms with van der Waals surface area (Å²) >= 11 is 0. The minimum absolute atomic E-state index is 0.0769. The van der Waals surface area contributed by atoms with Crippen molar-refractivity contribution < 1.29 is 31.9 Å². The predicted octanol–water partition coefficient (Wildman–Crippen LogP) is 2.95. The second-order valence-corrected chi connectivity index (χ2v) is 5.46. The molecule has 0 saturated heterocycles. The van der Waals surface area contributed by atoms with Crippen molar-refractivity contribution >= 4 is 5.91 Å². The zero-order chi connectivity index (χ0) is 18.8. The van der Waals surface area contributed by atoms with Crippen molar-refractivity contribution in [2.24, 2.45) is 0 Å². The number of alkyl halides is 3. The zero-order valence-electron chi connectivity index (χ0n) is 13.2. The topological polar surface area (TPSA) is 88.5 Å². The van der Waals surface area contributed by atoms with Crippen LogP contribution in [-0.2, 0) is 11.8 Å². The number of rotatable bonds is 5. The van der Waals surface area contributed by atoms with Gasteiger partial charge >= 0.3 is 6.18 Å². The van der Waals surface area contributed by atoms with Gasteiger partial charge in [0.05, 0.1) is 30.9 Å². The maximum absolute atomic E-state index is 12.5. The molecule has 3 aromatic heterocycles. The van der Waals surface area contributed by atoms with Crippen LogP contribution in [0.4, 0.5) is 13.2 Å². The van der Waals surface area contributed by atoms with E-state index in [0.29, 0.717) is 11.6 Å². The van der Waals surface area contributed by atoms with Crippen LogP contribution in [0.25, 0.3) is 0 Å². The van der Waals surface area contributed by atoms with Gasteiger partial charge < -0.3 is 19.3 Å². The first-order chi connectivity index (χ1) is 12.3. The lowest BCUT2D eigenvalue weighted by Crippen LogP contribution is -2.41. The van der Waals surface area contributed by atoms with Crippen LogP contribution in [0.5, 0.6) is 0 Å². The van der Waals surface area contributed by atoms with Crippen molar-refractivity contribution in [3.8, 4) is 0 Å². The number of pyridine rings is 1. The van der Waals surface area contributed by atoms with Gasteiger partial charge in [-0.05, 0) is 30.3 Å². The summed E-state index contributed by atoms with van der Waals surface area (Å²) in [5.74, 6) is -0.524. The number of aromatic nitrogens is 1. The van der Waals surface area contributed by atoms with Gasteiger partial charge in [-0.25, -0.2) is 0 Å². The second kappa shape index (κ2) is 6.68. The first-order valence-corrected chi connectivity index (χ1v) is 7.41. The molecule has 3 aromatic rings. The average molecular weight is 366 g/mol. The number of halogens is 3. The maximum Gasteiger partial charge on any atom is 0.433 e. The van der Waals surface area contributed by atoms with Gasteiger partial charge in [-0.15, -0.1) is 0 Å². The van der Waals surface area contributed by atoms with Crippen LogP contribution in [0.3, 0.4) is 0 Å². The number of hydrogen-bond acceptors (Lipinski definition) is 5. The largest absolute Gasteiger partial charge is 0.472 e. The monoisotopic (exact) mass is 366 g/mol. The number of carbonyl (C=O) groups is 1. The molecule has 136 valence electrons. The molecule has 0 bridgehead atoms. The van der Waals surface area contributed by atoms with Crippen molar-refractivity contribution in [1.82, 2.24) is 10.3 Å². The van der Waals surface area contributed by atoms with Gasteiger partial charge in [0.25, 0.3) is 5.91 Å². The van der Waals surface area contributed by atoms with Crippen molar-refractivity contribution in [3.05, 3.63) is 77.9 Å². The van der Waals surface area contributed by atoms with Crippen LogP contribution in [0.2, 0.25) is 0 Å². The Morgan fingerprint density at radius 2 is 2.00 bits per heavy atom. The number of nitrogens with one attached hydrogen (secondary N) is 1. The van der Waals surface area contributed by atoms with Crippen molar-refractivity contribution in [1.29, 1.82) is 0 Å². The van der Waals surface area contributed by atoms with Crippen LogP contribution in [0.15, 0.2) is 64.2 Å². The van der Waals surface area contributed by atoms with Gasteiger partial charge in [0.2, 0.25) is 0 Å². The third kappa shape index (κ3) is 3.47. The van der Waals surface area contributed by atoms with Gasteiger partial charge in [-0.2, -0.15) is 13.2 Å². The first kappa shape index (κ1) is 17.7. The summed E-state index contributed by atoms with van der Waals surface area (Å²) in [5, 5.41) is 13.4. The van der Waals surface area contributed by atoms with Crippen molar-refractivity contribution in [3.63, 3.8) is 0 Å². The summed E-state index contributed by atoms with van der Waals surface area (Å²) in [6, 6.07) is 6.33. The van der Waals surface area contributed by atoms with E-state index in [9.17, 15) is 23.1 Å². The lowest BCUT2D eigenvalue weighted by molar-refractivity contribution is -0.141. The minimum Gasteiger partial charge on any atom is -0.472 e. The van der Waals surface area contributed by atoms with Crippen molar-refractivity contribution in [2.75, 3.05) is 6.54 Å². The molecule has 0 unspecified atom stereocenters. The van der Waals surface area contributed by atoms with Gasteiger partial charge in [0.1, 0.15) is 11.5 Å². The molecule has 2 N–H and O–H groups in total. The molecule has 26 heavy (non-hydrogen) atoms. The lowest BCUT2D eigenvalue weighted by atomic mass is 9.93. The summed E-state index contributed by atoms with van der Waals surface area (Å²) in [7, 11) is 0. The Kier molecular flexibility index (Phi) is 4.56. The summed E-state index contributed by atoms with van der Waals surface area (Å²) < 4.78 is 47.8. The molecule has 0 fully saturated rings. The molecule has 0 aliphatic rings. The third-order valence-corrected chi connectivity index (χ3v) is 3.75. The molecule has 3 heterocycles. The highest BCUT2D eigenvalue weighted by Crippen LogP contribution is 2.30. The number of carbonyl (C=O) groups excluding carboxylic acids is 1. The van der Waals surface area contributed by atoms with Crippen molar-refractivity contribution in [2.45, 2.75) is 11.8 Å². The van der Waals surface area contributed by atoms with Crippen LogP contribution in [0, 0.1) is 0 Å². The standard InChI is InChI=1S/C17H13F3N2O4/c18-17(19,20)13-4-3-11(8-21-13)15(23)22-10-16(24,12-5-7-25-9-12)14-2-1-6-26-14/h1-9,24H,10H2,(H,22,23)/t16-/m0/s1. The van der Waals surface area contributed by atoms with Crippen LogP contribution in [0.1, 0.15) is 27.4 Å². The van der Waals surface area contributed by atoms with E-state index in [2.05, 4.69) is 10.3 Å². The number of nitrogens with zero attached hydrogens (tertiary/aromatic N) is 1. The molecule has 3 rings (SSSR count). The molecule has 0 spiro atoms. The molecule has 1 atom stereocenters. The van der Waals surface area contributed by atoms with Crippen LogP contribution < -0.4 is 5.32 Å². The van der Waals surface area contributed by atoms with E-state index >= 15 is 0 Å². The summed E-state index contributed by atoms with van der Waals surface area (Å²) in [6.45, 7) is -0.292. The van der Waals surface area contributed by atoms with E-state index in [1.165, 1.54) is 30.9 Å². The fourth-order valence-corrected chi connectivity index (χ4v) is 2.35. The van der Waals surface area contributed by atoms with E-state index in [1.807, 2.05) is 0 Å². The number of furan rings is 2. The Balaban J connectivity index is 1.76. The average Bonchev–Trinajstić information content (AvgIpc) is 3.32. The highest BCUT2D eigenvalue weighted by molar-refractivity contribution is 5.93. The minimum atomic E-state index is -4.59. The van der Waals surface area contributed by atoms with E-state index in [1.54, 1.807) is 6.07 Å². The zero-order valence-corrected chi connectivity index (χ0v) is 13.2. The van der Waals surface area contributed by atoms with E-state index < -0.39 is 23.4 Å². The second-order valence-electron chi connectivity index (χ2n) is 5.46. The smallest absolute Gasteiger partial charge is 0.433 e. The van der Waals surface area contributed by atoms with E-state index in [-0.39, 0.29) is 17.9 Å². The Morgan fingerprint density at radius 3 is 2.54 bits per heavy atom. The number of aliphatic hydroxyl groups is 1. The normalized spacial score (nSPS) is 14.0. The molecule has 1 amide bonds. The summed E-state index contributed by atoms with van der Waals surface area (Å²) in [4.78, 5) is 15.4. The van der Waals surface area contributed by atoms with Gasteiger partial charge in [0, 0.05) is 11.8 Å². The fraction of sp³-hybridized carbons (Fsp3) is 0.176. The highest BCUT2D eigenvalue weighted by atomic mass is 19.4. The number of hydrogen-bond donors (Lipinski definition) is 2. The Bertz CT molecular complexity index is 822. The Morgan fingerprint density at radius 1 is 1.19 bits per heavy atom. The van der Waals surface area contributed by atoms with Gasteiger partial charge in [-0.3, -0.25) is 9.78 Å². The SMILES string of the molecule is O=C(NC[C@](O)(c1ccoc1)c1ccco1)c1ccc(C(F)(F)F)nc1. The Labute approximate surface area is 145 Å². The summed E-state index contributed by atoms with van der Waals surface area (Å²) in [5.41, 5.74) is -2.53. The molecule has 0 aliphatic heterocycles. The van der Waals surface area contributed by atoms with Crippen LogP contribution >= 0.6 is 0 Å². The lowest BCUT2D eigenvalue weighted by Gasteiger charge is -2.25. The quantitative estimate of drug-likeness (QED) is 0.725. The van der Waals surface area contributed by atoms with Gasteiger partial charge in [-0.1, -0.05) is 0 Å². The molecular weight excluding hydrogens is 353 g/mol. The van der Waals surface area contributed by atoms with Gasteiger partial charge in [0.15, 0.2) is 5.60 Å². The highest BCUT2D eigenvalue weighted by Gasteiger charge is 2.36. The molecule has 9 heteroatoms. The fourth-order valence-electron chi connectivity index (χ4n) is 2.35. The molecule has 0 radical (unpaired) electrons.